The van der Waals surface area contributed by atoms with Crippen LogP contribution in [0.3, 0.4) is 0 Å². The molecule has 1 rings (SSSR count). The molecular weight excluding hydrogens is 174 g/mol. The van der Waals surface area contributed by atoms with Gasteiger partial charge >= 0.3 is 0 Å². The van der Waals surface area contributed by atoms with E-state index in [1.807, 2.05) is 25.1 Å². The van der Waals surface area contributed by atoms with Crippen LogP contribution in [0.2, 0.25) is 0 Å². The van der Waals surface area contributed by atoms with Gasteiger partial charge in [0, 0.05) is 24.4 Å². The molecule has 0 aromatic carbocycles. The fraction of sp³-hybridized carbons (Fsp3) is 1.00. The molecule has 72 valence electrons. The van der Waals surface area contributed by atoms with Crippen LogP contribution in [-0.2, 0) is 16.1 Å². The molecule has 0 aromatic rings. The van der Waals surface area contributed by atoms with E-state index in [4.69, 9.17) is 4.74 Å². The second-order valence-electron chi connectivity index (χ2n) is 3.36. The fourth-order valence-electron chi connectivity index (χ4n) is 1.48. The summed E-state index contributed by atoms with van der Waals surface area (Å²) in [6.45, 7) is 7.46. The van der Waals surface area contributed by atoms with Crippen molar-refractivity contribution in [3.63, 3.8) is 0 Å². The van der Waals surface area contributed by atoms with Crippen LogP contribution in [0.5, 0.6) is 0 Å². The summed E-state index contributed by atoms with van der Waals surface area (Å²) in [6, 6.07) is 0. The van der Waals surface area contributed by atoms with Crippen molar-refractivity contribution in [1.29, 1.82) is 0 Å². The van der Waals surface area contributed by atoms with E-state index in [-0.39, 0.29) is 5.72 Å². The van der Waals surface area contributed by atoms with Crippen LogP contribution in [0.1, 0.15) is 27.2 Å². The van der Waals surface area contributed by atoms with Gasteiger partial charge in [-0.05, 0) is 20.8 Å². The molecule has 1 aliphatic rings. The van der Waals surface area contributed by atoms with Crippen molar-refractivity contribution in [1.82, 2.24) is 4.31 Å². The van der Waals surface area contributed by atoms with E-state index in [0.717, 1.165) is 18.7 Å². The maximum atomic E-state index is 11.5. The Kier molecular flexibility index (Phi) is 3.40. The third kappa shape index (κ3) is 2.13. The number of nitrogens with zero attached hydrogens (tertiary/aromatic N) is 1. The normalized spacial score (nSPS) is 26.5. The Morgan fingerprint density at radius 3 is 2.67 bits per heavy atom. The Labute approximate surface area is 77.4 Å². The van der Waals surface area contributed by atoms with E-state index in [1.165, 1.54) is 0 Å². The zero-order valence-corrected chi connectivity index (χ0v) is 8.82. The van der Waals surface area contributed by atoms with Gasteiger partial charge in [0.15, 0.2) is 5.72 Å². The van der Waals surface area contributed by atoms with Gasteiger partial charge in [0.25, 0.3) is 0 Å². The maximum Gasteiger partial charge on any atom is 0.157 e. The zero-order valence-electron chi connectivity index (χ0n) is 8.00. The van der Waals surface area contributed by atoms with Crippen LogP contribution in [0.4, 0.5) is 0 Å². The van der Waals surface area contributed by atoms with Gasteiger partial charge in [0.1, 0.15) is 5.75 Å². The summed E-state index contributed by atoms with van der Waals surface area (Å²) in [5, 5.41) is 0. The standard InChI is InChI=1S/C8H17NO2S/c1-4-11-8(2,3)9-6-5-7-12(9)10/h4-7H2,1-3H3. The minimum absolute atomic E-state index is 0.365. The van der Waals surface area contributed by atoms with Gasteiger partial charge in [0.2, 0.25) is 0 Å². The molecule has 0 radical (unpaired) electrons. The quantitative estimate of drug-likeness (QED) is 0.627. The van der Waals surface area contributed by atoms with E-state index in [9.17, 15) is 4.55 Å². The molecule has 0 amide bonds. The number of hydrogen-bond acceptors (Lipinski definition) is 3. The van der Waals surface area contributed by atoms with E-state index in [1.54, 1.807) is 0 Å². The van der Waals surface area contributed by atoms with Crippen molar-refractivity contribution in [3.05, 3.63) is 0 Å². The topological polar surface area (TPSA) is 35.5 Å². The van der Waals surface area contributed by atoms with Crippen molar-refractivity contribution in [2.24, 2.45) is 0 Å². The molecule has 0 aromatic heterocycles. The van der Waals surface area contributed by atoms with Crippen molar-refractivity contribution in [3.8, 4) is 0 Å². The lowest BCUT2D eigenvalue weighted by Gasteiger charge is -2.33. The molecule has 4 heteroatoms. The van der Waals surface area contributed by atoms with Crippen molar-refractivity contribution in [2.45, 2.75) is 32.9 Å². The van der Waals surface area contributed by atoms with Gasteiger partial charge in [-0.2, -0.15) is 0 Å². The first kappa shape index (κ1) is 10.3. The van der Waals surface area contributed by atoms with Gasteiger partial charge in [-0.1, -0.05) is 4.31 Å². The summed E-state index contributed by atoms with van der Waals surface area (Å²) < 4.78 is 18.9. The molecule has 3 nitrogen and oxygen atoms in total. The molecule has 0 aliphatic carbocycles. The summed E-state index contributed by atoms with van der Waals surface area (Å²) >= 11 is -0.823. The maximum absolute atomic E-state index is 11.5. The van der Waals surface area contributed by atoms with Crippen LogP contribution < -0.4 is 0 Å². The van der Waals surface area contributed by atoms with Gasteiger partial charge in [-0.15, -0.1) is 0 Å². The highest BCUT2D eigenvalue weighted by molar-refractivity contribution is 7.89. The molecule has 1 aliphatic heterocycles. The molecule has 0 spiro atoms. The van der Waals surface area contributed by atoms with Crippen molar-refractivity contribution >= 4 is 11.4 Å². The van der Waals surface area contributed by atoms with E-state index < -0.39 is 11.4 Å². The second-order valence-corrected chi connectivity index (χ2v) is 4.85. The molecule has 1 heterocycles. The number of hydrogen-bond donors (Lipinski definition) is 0. The van der Waals surface area contributed by atoms with Gasteiger partial charge in [-0.3, -0.25) is 0 Å². The minimum atomic E-state index is -0.823. The monoisotopic (exact) mass is 191 g/mol. The number of ether oxygens (including phenoxy) is 1. The fourth-order valence-corrected chi connectivity index (χ4v) is 2.96. The Morgan fingerprint density at radius 1 is 1.58 bits per heavy atom. The Morgan fingerprint density at radius 2 is 2.25 bits per heavy atom. The molecule has 0 N–H and O–H groups in total. The lowest BCUT2D eigenvalue weighted by molar-refractivity contribution is -0.0850. The average Bonchev–Trinajstić information content (AvgIpc) is 2.35. The molecule has 0 saturated carbocycles. The van der Waals surface area contributed by atoms with Crippen LogP contribution in [0.25, 0.3) is 0 Å². The molecular formula is C8H17NO2S. The SMILES string of the molecule is CCOC(C)(C)N1CCC[S+]1[O-]. The van der Waals surface area contributed by atoms with E-state index in [2.05, 4.69) is 0 Å². The lowest BCUT2D eigenvalue weighted by Crippen LogP contribution is -2.46. The average molecular weight is 191 g/mol. The van der Waals surface area contributed by atoms with Crippen LogP contribution in [-0.4, -0.2) is 33.5 Å². The highest BCUT2D eigenvalue weighted by Gasteiger charge is 2.39. The minimum Gasteiger partial charge on any atom is -0.598 e. The lowest BCUT2D eigenvalue weighted by atomic mass is 10.3. The van der Waals surface area contributed by atoms with Gasteiger partial charge in [0.05, 0.1) is 6.54 Å². The third-order valence-electron chi connectivity index (χ3n) is 2.02. The molecule has 1 atom stereocenters. The smallest absolute Gasteiger partial charge is 0.157 e. The predicted molar refractivity (Wildman–Crippen MR) is 50.0 cm³/mol. The Balaban J connectivity index is 2.54. The number of rotatable bonds is 3. The van der Waals surface area contributed by atoms with Crippen LogP contribution in [0.15, 0.2) is 0 Å². The van der Waals surface area contributed by atoms with E-state index >= 15 is 0 Å². The largest absolute Gasteiger partial charge is 0.598 e. The summed E-state index contributed by atoms with van der Waals surface area (Å²) in [6.07, 6.45) is 1.02. The molecule has 12 heavy (non-hydrogen) atoms. The zero-order chi connectivity index (χ0) is 9.19. The molecule has 0 bridgehead atoms. The highest BCUT2D eigenvalue weighted by Crippen LogP contribution is 2.25. The summed E-state index contributed by atoms with van der Waals surface area (Å²) in [5.41, 5.74) is -0.365. The summed E-state index contributed by atoms with van der Waals surface area (Å²) in [4.78, 5) is 0. The molecule has 1 saturated heterocycles. The highest BCUT2D eigenvalue weighted by atomic mass is 32.2. The Bertz CT molecular complexity index is 152. The van der Waals surface area contributed by atoms with Crippen LogP contribution in [0, 0.1) is 0 Å². The second kappa shape index (κ2) is 3.96. The van der Waals surface area contributed by atoms with Crippen LogP contribution >= 0.6 is 0 Å². The van der Waals surface area contributed by atoms with E-state index in [0.29, 0.717) is 6.61 Å². The summed E-state index contributed by atoms with van der Waals surface area (Å²) in [7, 11) is 0. The molecule has 1 fully saturated rings. The third-order valence-corrected chi connectivity index (χ3v) is 3.78. The first-order valence-electron chi connectivity index (χ1n) is 4.38. The van der Waals surface area contributed by atoms with Crippen molar-refractivity contribution in [2.75, 3.05) is 18.9 Å². The first-order chi connectivity index (χ1) is 5.58. The van der Waals surface area contributed by atoms with Crippen molar-refractivity contribution < 1.29 is 9.29 Å². The Hall–Kier alpha value is 0.230. The predicted octanol–water partition coefficient (Wildman–Crippen LogP) is 1.13. The summed E-state index contributed by atoms with van der Waals surface area (Å²) in [5.74, 6) is 0.788. The van der Waals surface area contributed by atoms with Gasteiger partial charge < -0.3 is 9.29 Å². The first-order valence-corrected chi connectivity index (χ1v) is 5.65. The van der Waals surface area contributed by atoms with Gasteiger partial charge in [-0.25, -0.2) is 0 Å². The molecule has 1 unspecified atom stereocenters.